The van der Waals surface area contributed by atoms with Crippen LogP contribution in [0, 0.1) is 17.3 Å². The van der Waals surface area contributed by atoms with E-state index in [0.29, 0.717) is 5.41 Å². The van der Waals surface area contributed by atoms with Gasteiger partial charge in [0.15, 0.2) is 5.79 Å². The molecular formula is C13H22O2. The van der Waals surface area contributed by atoms with E-state index < -0.39 is 0 Å². The quantitative estimate of drug-likeness (QED) is 0.612. The molecule has 0 N–H and O–H groups in total. The highest BCUT2D eigenvalue weighted by atomic mass is 16.7. The molecule has 1 aliphatic heterocycles. The van der Waals surface area contributed by atoms with Crippen molar-refractivity contribution >= 4 is 0 Å². The van der Waals surface area contributed by atoms with Gasteiger partial charge in [0.25, 0.3) is 0 Å². The molecule has 2 bridgehead atoms. The van der Waals surface area contributed by atoms with Gasteiger partial charge in [-0.15, -0.1) is 0 Å². The molecule has 0 amide bonds. The van der Waals surface area contributed by atoms with Gasteiger partial charge in [0.05, 0.1) is 13.2 Å². The van der Waals surface area contributed by atoms with Crippen molar-refractivity contribution < 1.29 is 9.47 Å². The fraction of sp³-hybridized carbons (Fsp3) is 1.00. The van der Waals surface area contributed by atoms with Gasteiger partial charge >= 0.3 is 0 Å². The number of rotatable bonds is 0. The molecule has 3 rings (SSSR count). The Hall–Kier alpha value is -0.0800. The summed E-state index contributed by atoms with van der Waals surface area (Å²) in [6.07, 6.45) is 6.43. The molecule has 0 aromatic heterocycles. The fourth-order valence-electron chi connectivity index (χ4n) is 3.99. The fourth-order valence-corrected chi connectivity index (χ4v) is 3.99. The van der Waals surface area contributed by atoms with E-state index >= 15 is 0 Å². The van der Waals surface area contributed by atoms with Gasteiger partial charge in [0.1, 0.15) is 0 Å². The molecule has 2 unspecified atom stereocenters. The van der Waals surface area contributed by atoms with Crippen LogP contribution >= 0.6 is 0 Å². The van der Waals surface area contributed by atoms with Crippen molar-refractivity contribution in [2.24, 2.45) is 17.3 Å². The second-order valence-electron chi connectivity index (χ2n) is 6.16. The average Bonchev–Trinajstić information content (AvgIpc) is 2.57. The second-order valence-corrected chi connectivity index (χ2v) is 6.16. The molecule has 1 spiro atoms. The summed E-state index contributed by atoms with van der Waals surface area (Å²) < 4.78 is 11.8. The minimum absolute atomic E-state index is 0.175. The normalized spacial score (nSPS) is 42.0. The number of hydrogen-bond acceptors (Lipinski definition) is 2. The Labute approximate surface area is 92.3 Å². The maximum atomic E-state index is 5.89. The first kappa shape index (κ1) is 10.1. The first-order valence-electron chi connectivity index (χ1n) is 6.40. The molecule has 3 aliphatic rings. The molecular weight excluding hydrogens is 188 g/mol. The van der Waals surface area contributed by atoms with E-state index in [-0.39, 0.29) is 5.79 Å². The van der Waals surface area contributed by atoms with E-state index in [4.69, 9.17) is 9.47 Å². The zero-order valence-corrected chi connectivity index (χ0v) is 9.92. The molecule has 3 fully saturated rings. The van der Waals surface area contributed by atoms with E-state index in [9.17, 15) is 0 Å². The zero-order chi connectivity index (χ0) is 10.5. The van der Waals surface area contributed by atoms with Crippen molar-refractivity contribution in [1.82, 2.24) is 0 Å². The zero-order valence-electron chi connectivity index (χ0n) is 9.92. The van der Waals surface area contributed by atoms with Crippen LogP contribution in [0.1, 0.15) is 46.0 Å². The molecule has 2 nitrogen and oxygen atoms in total. The number of hydrogen-bond donors (Lipinski definition) is 0. The second kappa shape index (κ2) is 3.21. The minimum Gasteiger partial charge on any atom is -0.348 e. The van der Waals surface area contributed by atoms with Crippen LogP contribution in [-0.2, 0) is 9.47 Å². The Kier molecular flexibility index (Phi) is 2.16. The Balaban J connectivity index is 1.86. The monoisotopic (exact) mass is 210 g/mol. The molecule has 0 aromatic carbocycles. The van der Waals surface area contributed by atoms with Crippen molar-refractivity contribution in [1.29, 1.82) is 0 Å². The first-order valence-corrected chi connectivity index (χ1v) is 6.40. The van der Waals surface area contributed by atoms with Crippen molar-refractivity contribution in [3.63, 3.8) is 0 Å². The highest BCUT2D eigenvalue weighted by molar-refractivity contribution is 4.99. The van der Waals surface area contributed by atoms with Crippen LogP contribution in [0.2, 0.25) is 0 Å². The van der Waals surface area contributed by atoms with Gasteiger partial charge in [-0.25, -0.2) is 0 Å². The predicted molar refractivity (Wildman–Crippen MR) is 58.5 cm³/mol. The Morgan fingerprint density at radius 1 is 0.933 bits per heavy atom. The molecule has 86 valence electrons. The molecule has 2 saturated carbocycles. The average molecular weight is 210 g/mol. The topological polar surface area (TPSA) is 18.5 Å². The molecule has 0 radical (unpaired) electrons. The van der Waals surface area contributed by atoms with E-state index in [1.807, 2.05) is 0 Å². The van der Waals surface area contributed by atoms with Gasteiger partial charge in [-0.3, -0.25) is 0 Å². The number of ether oxygens (including phenoxy) is 2. The third kappa shape index (κ3) is 1.45. The van der Waals surface area contributed by atoms with E-state index in [0.717, 1.165) is 37.9 Å². The van der Waals surface area contributed by atoms with E-state index in [2.05, 4.69) is 13.8 Å². The van der Waals surface area contributed by atoms with Crippen LogP contribution < -0.4 is 0 Å². The maximum Gasteiger partial charge on any atom is 0.169 e. The molecule has 2 aliphatic carbocycles. The van der Waals surface area contributed by atoms with Crippen molar-refractivity contribution in [2.75, 3.05) is 13.2 Å². The molecule has 2 heteroatoms. The smallest absolute Gasteiger partial charge is 0.169 e. The van der Waals surface area contributed by atoms with Gasteiger partial charge in [0.2, 0.25) is 0 Å². The summed E-state index contributed by atoms with van der Waals surface area (Å²) in [5.41, 5.74) is 0.513. The lowest BCUT2D eigenvalue weighted by Crippen LogP contribution is -2.51. The minimum atomic E-state index is -0.175. The van der Waals surface area contributed by atoms with Gasteiger partial charge in [0, 0.05) is 12.8 Å². The van der Waals surface area contributed by atoms with Crippen LogP contribution in [0.3, 0.4) is 0 Å². The molecule has 2 atom stereocenters. The number of fused-ring (bicyclic) bond motifs is 2. The molecule has 15 heavy (non-hydrogen) atoms. The largest absolute Gasteiger partial charge is 0.348 e. The van der Waals surface area contributed by atoms with E-state index in [1.54, 1.807) is 0 Å². The molecule has 0 aromatic rings. The van der Waals surface area contributed by atoms with Gasteiger partial charge in [-0.2, -0.15) is 0 Å². The van der Waals surface area contributed by atoms with Crippen LogP contribution in [0.15, 0.2) is 0 Å². The third-order valence-corrected chi connectivity index (χ3v) is 5.14. The maximum absolute atomic E-state index is 5.89. The lowest BCUT2D eigenvalue weighted by atomic mass is 9.55. The van der Waals surface area contributed by atoms with Gasteiger partial charge in [-0.1, -0.05) is 20.3 Å². The summed E-state index contributed by atoms with van der Waals surface area (Å²) >= 11 is 0. The van der Waals surface area contributed by atoms with Gasteiger partial charge in [-0.05, 0) is 30.1 Å². The van der Waals surface area contributed by atoms with Crippen LogP contribution in [-0.4, -0.2) is 19.0 Å². The summed E-state index contributed by atoms with van der Waals surface area (Å²) in [6.45, 7) is 6.51. The van der Waals surface area contributed by atoms with Crippen molar-refractivity contribution in [3.05, 3.63) is 0 Å². The summed E-state index contributed by atoms with van der Waals surface area (Å²) in [7, 11) is 0. The van der Waals surface area contributed by atoms with Gasteiger partial charge < -0.3 is 9.47 Å². The summed E-state index contributed by atoms with van der Waals surface area (Å²) in [6, 6.07) is 0. The highest BCUT2D eigenvalue weighted by Crippen LogP contribution is 2.57. The summed E-state index contributed by atoms with van der Waals surface area (Å²) in [4.78, 5) is 0. The van der Waals surface area contributed by atoms with Crippen molar-refractivity contribution in [2.45, 2.75) is 51.7 Å². The Bertz CT molecular complexity index is 235. The van der Waals surface area contributed by atoms with Crippen LogP contribution in [0.25, 0.3) is 0 Å². The standard InChI is InChI=1S/C13H22O2/c1-12(2)10-4-3-5-11(12)9-13(8-10)14-6-7-15-13/h10-11H,3-9H2,1-2H3. The highest BCUT2D eigenvalue weighted by Gasteiger charge is 2.54. The molecule has 1 saturated heterocycles. The first-order chi connectivity index (χ1) is 7.12. The van der Waals surface area contributed by atoms with Crippen molar-refractivity contribution in [3.8, 4) is 0 Å². The van der Waals surface area contributed by atoms with E-state index in [1.165, 1.54) is 19.3 Å². The Morgan fingerprint density at radius 2 is 1.47 bits per heavy atom. The summed E-state index contributed by atoms with van der Waals surface area (Å²) in [5.74, 6) is 1.44. The van der Waals surface area contributed by atoms with Crippen LogP contribution in [0.5, 0.6) is 0 Å². The summed E-state index contributed by atoms with van der Waals surface area (Å²) in [5, 5.41) is 0. The third-order valence-electron chi connectivity index (χ3n) is 5.14. The molecule has 1 heterocycles. The lowest BCUT2D eigenvalue weighted by molar-refractivity contribution is -0.229. The van der Waals surface area contributed by atoms with Crippen LogP contribution in [0.4, 0.5) is 0 Å². The Morgan fingerprint density at radius 3 is 2.00 bits per heavy atom. The predicted octanol–water partition coefficient (Wildman–Crippen LogP) is 2.97. The SMILES string of the molecule is CC1(C)C2CCCC1CC1(C2)OCCO1. The lowest BCUT2D eigenvalue weighted by Gasteiger charge is -2.54.